The average molecular weight is 237 g/mol. The lowest BCUT2D eigenvalue weighted by Gasteiger charge is -2.14. The van der Waals surface area contributed by atoms with Crippen LogP contribution in [0.4, 0.5) is 0 Å². The summed E-state index contributed by atoms with van der Waals surface area (Å²) in [5, 5.41) is 3.58. The molecule has 0 spiro atoms. The maximum Gasteiger partial charge on any atom is 0.0210 e. The summed E-state index contributed by atoms with van der Waals surface area (Å²) in [5.41, 5.74) is 4.16. The highest BCUT2D eigenvalue weighted by molar-refractivity contribution is 7.98. The fraction of sp³-hybridized carbons (Fsp3) is 0.571. The second-order valence-corrected chi connectivity index (χ2v) is 5.48. The molecule has 2 heteroatoms. The standard InChI is InChI=1S/C14H23NS/c1-11-5-6-14(12(2)9-11)10-15-13(3)7-8-16-4/h5-6,9,13,15H,7-8,10H2,1-4H3. The van der Waals surface area contributed by atoms with Crippen LogP contribution in [0.25, 0.3) is 0 Å². The lowest BCUT2D eigenvalue weighted by molar-refractivity contribution is 0.536. The van der Waals surface area contributed by atoms with E-state index < -0.39 is 0 Å². The second kappa shape index (κ2) is 6.97. The van der Waals surface area contributed by atoms with Crippen molar-refractivity contribution in [3.63, 3.8) is 0 Å². The molecule has 0 saturated heterocycles. The molecular formula is C14H23NS. The highest BCUT2D eigenvalue weighted by Gasteiger charge is 2.02. The maximum absolute atomic E-state index is 3.58. The first kappa shape index (κ1) is 13.6. The van der Waals surface area contributed by atoms with E-state index in [9.17, 15) is 0 Å². The molecule has 1 atom stereocenters. The van der Waals surface area contributed by atoms with Crippen molar-refractivity contribution < 1.29 is 0 Å². The summed E-state index contributed by atoms with van der Waals surface area (Å²) in [7, 11) is 0. The SMILES string of the molecule is CSCCC(C)NCc1ccc(C)cc1C. The molecule has 1 rings (SSSR count). The molecule has 1 aromatic carbocycles. The minimum absolute atomic E-state index is 0.605. The quantitative estimate of drug-likeness (QED) is 0.812. The van der Waals surface area contributed by atoms with Gasteiger partial charge in [0.1, 0.15) is 0 Å². The Labute approximate surface area is 104 Å². The van der Waals surface area contributed by atoms with E-state index in [-0.39, 0.29) is 0 Å². The van der Waals surface area contributed by atoms with Gasteiger partial charge in [-0.15, -0.1) is 0 Å². The van der Waals surface area contributed by atoms with Crippen LogP contribution in [0, 0.1) is 13.8 Å². The molecule has 0 aliphatic carbocycles. The Bertz CT molecular complexity index is 323. The minimum Gasteiger partial charge on any atom is -0.310 e. The molecular weight excluding hydrogens is 214 g/mol. The number of benzene rings is 1. The van der Waals surface area contributed by atoms with Crippen LogP contribution < -0.4 is 5.32 Å². The fourth-order valence-electron chi connectivity index (χ4n) is 1.73. The second-order valence-electron chi connectivity index (χ2n) is 4.49. The highest BCUT2D eigenvalue weighted by atomic mass is 32.2. The van der Waals surface area contributed by atoms with Gasteiger partial charge in [0.25, 0.3) is 0 Å². The van der Waals surface area contributed by atoms with E-state index in [1.165, 1.54) is 28.9 Å². The first-order chi connectivity index (χ1) is 7.63. The largest absolute Gasteiger partial charge is 0.310 e. The van der Waals surface area contributed by atoms with Crippen LogP contribution >= 0.6 is 11.8 Å². The molecule has 0 heterocycles. The molecule has 0 saturated carbocycles. The summed E-state index contributed by atoms with van der Waals surface area (Å²) in [6.45, 7) is 7.59. The lowest BCUT2D eigenvalue weighted by atomic mass is 10.1. The summed E-state index contributed by atoms with van der Waals surface area (Å²) in [5.74, 6) is 1.24. The molecule has 1 unspecified atom stereocenters. The van der Waals surface area contributed by atoms with Crippen molar-refractivity contribution in [3.8, 4) is 0 Å². The van der Waals surface area contributed by atoms with E-state index in [1.54, 1.807) is 0 Å². The molecule has 0 aliphatic heterocycles. The molecule has 0 aliphatic rings. The summed E-state index contributed by atoms with van der Waals surface area (Å²) in [4.78, 5) is 0. The van der Waals surface area contributed by atoms with Gasteiger partial charge in [-0.3, -0.25) is 0 Å². The number of rotatable bonds is 6. The first-order valence-electron chi connectivity index (χ1n) is 5.92. The number of nitrogens with one attached hydrogen (secondary N) is 1. The van der Waals surface area contributed by atoms with Gasteiger partial charge in [0.15, 0.2) is 0 Å². The van der Waals surface area contributed by atoms with Gasteiger partial charge in [0.2, 0.25) is 0 Å². The minimum atomic E-state index is 0.605. The van der Waals surface area contributed by atoms with Crippen LogP contribution in [-0.2, 0) is 6.54 Å². The summed E-state index contributed by atoms with van der Waals surface area (Å²) >= 11 is 1.92. The topological polar surface area (TPSA) is 12.0 Å². The van der Waals surface area contributed by atoms with Gasteiger partial charge < -0.3 is 5.32 Å². The Kier molecular flexibility index (Phi) is 5.93. The third kappa shape index (κ3) is 4.58. The first-order valence-corrected chi connectivity index (χ1v) is 7.31. The van der Waals surface area contributed by atoms with Crippen molar-refractivity contribution in [2.75, 3.05) is 12.0 Å². The van der Waals surface area contributed by atoms with E-state index in [4.69, 9.17) is 0 Å². The number of aryl methyl sites for hydroxylation is 2. The normalized spacial score (nSPS) is 12.8. The van der Waals surface area contributed by atoms with Crippen molar-refractivity contribution in [2.45, 2.75) is 39.8 Å². The van der Waals surface area contributed by atoms with Gasteiger partial charge in [-0.05, 0) is 50.3 Å². The van der Waals surface area contributed by atoms with Crippen LogP contribution in [-0.4, -0.2) is 18.1 Å². The molecule has 0 amide bonds. The van der Waals surface area contributed by atoms with Crippen molar-refractivity contribution in [3.05, 3.63) is 34.9 Å². The summed E-state index contributed by atoms with van der Waals surface area (Å²) in [6, 6.07) is 7.28. The van der Waals surface area contributed by atoms with Crippen LogP contribution in [0.1, 0.15) is 30.0 Å². The Morgan fingerprint density at radius 1 is 1.31 bits per heavy atom. The predicted octanol–water partition coefficient (Wildman–Crippen LogP) is 3.53. The van der Waals surface area contributed by atoms with E-state index in [0.717, 1.165) is 6.54 Å². The lowest BCUT2D eigenvalue weighted by Crippen LogP contribution is -2.26. The molecule has 0 bridgehead atoms. The van der Waals surface area contributed by atoms with Crippen LogP contribution in [0.3, 0.4) is 0 Å². The third-order valence-electron chi connectivity index (χ3n) is 2.89. The Morgan fingerprint density at radius 2 is 2.06 bits per heavy atom. The fourth-order valence-corrected chi connectivity index (χ4v) is 2.31. The zero-order valence-electron chi connectivity index (χ0n) is 10.8. The Hall–Kier alpha value is -0.470. The molecule has 0 aromatic heterocycles. The van der Waals surface area contributed by atoms with Crippen molar-refractivity contribution in [1.82, 2.24) is 5.32 Å². The molecule has 1 nitrogen and oxygen atoms in total. The van der Waals surface area contributed by atoms with E-state index in [1.807, 2.05) is 11.8 Å². The molecule has 16 heavy (non-hydrogen) atoms. The Morgan fingerprint density at radius 3 is 2.69 bits per heavy atom. The van der Waals surface area contributed by atoms with E-state index >= 15 is 0 Å². The molecule has 90 valence electrons. The summed E-state index contributed by atoms with van der Waals surface area (Å²) in [6.07, 6.45) is 3.41. The van der Waals surface area contributed by atoms with Gasteiger partial charge >= 0.3 is 0 Å². The summed E-state index contributed by atoms with van der Waals surface area (Å²) < 4.78 is 0. The van der Waals surface area contributed by atoms with Crippen LogP contribution in [0.5, 0.6) is 0 Å². The van der Waals surface area contributed by atoms with E-state index in [0.29, 0.717) is 6.04 Å². The van der Waals surface area contributed by atoms with Crippen molar-refractivity contribution in [1.29, 1.82) is 0 Å². The van der Waals surface area contributed by atoms with Gasteiger partial charge in [-0.2, -0.15) is 11.8 Å². The van der Waals surface area contributed by atoms with Crippen LogP contribution in [0.15, 0.2) is 18.2 Å². The van der Waals surface area contributed by atoms with E-state index in [2.05, 4.69) is 50.5 Å². The number of thioether (sulfide) groups is 1. The van der Waals surface area contributed by atoms with Gasteiger partial charge in [0, 0.05) is 12.6 Å². The molecule has 1 N–H and O–H groups in total. The zero-order valence-corrected chi connectivity index (χ0v) is 11.7. The van der Waals surface area contributed by atoms with Gasteiger partial charge in [-0.25, -0.2) is 0 Å². The number of hydrogen-bond acceptors (Lipinski definition) is 2. The zero-order chi connectivity index (χ0) is 12.0. The third-order valence-corrected chi connectivity index (χ3v) is 3.54. The predicted molar refractivity (Wildman–Crippen MR) is 75.2 cm³/mol. The van der Waals surface area contributed by atoms with Crippen molar-refractivity contribution in [2.24, 2.45) is 0 Å². The smallest absolute Gasteiger partial charge is 0.0210 e. The van der Waals surface area contributed by atoms with Gasteiger partial charge in [-0.1, -0.05) is 23.8 Å². The maximum atomic E-state index is 3.58. The number of hydrogen-bond donors (Lipinski definition) is 1. The monoisotopic (exact) mass is 237 g/mol. The average Bonchev–Trinajstić information content (AvgIpc) is 2.25. The molecule has 0 fully saturated rings. The highest BCUT2D eigenvalue weighted by Crippen LogP contribution is 2.10. The molecule has 0 radical (unpaired) electrons. The molecule has 1 aromatic rings. The van der Waals surface area contributed by atoms with Crippen LogP contribution in [0.2, 0.25) is 0 Å². The van der Waals surface area contributed by atoms with Crippen molar-refractivity contribution >= 4 is 11.8 Å². The van der Waals surface area contributed by atoms with Gasteiger partial charge in [0.05, 0.1) is 0 Å². The Balaban J connectivity index is 2.42.